The van der Waals surface area contributed by atoms with Crippen molar-refractivity contribution in [2.24, 2.45) is 17.8 Å². The fourth-order valence-electron chi connectivity index (χ4n) is 5.88. The molecule has 7 nitrogen and oxygen atoms in total. The third kappa shape index (κ3) is 4.26. The van der Waals surface area contributed by atoms with E-state index in [2.05, 4.69) is 29.1 Å². The van der Waals surface area contributed by atoms with Crippen LogP contribution in [0.5, 0.6) is 0 Å². The monoisotopic (exact) mass is 556 g/mol. The summed E-state index contributed by atoms with van der Waals surface area (Å²) in [7, 11) is 0. The molecule has 3 aliphatic rings. The molecule has 0 aromatic carbocycles. The third-order valence-electron chi connectivity index (χ3n) is 7.65. The van der Waals surface area contributed by atoms with Gasteiger partial charge in [0.05, 0.1) is 29.2 Å². The molecule has 0 saturated carbocycles. The molecule has 3 saturated heterocycles. The SMILES string of the molecule is C=CCOC(=O)[C@H]1[C@H]2C(=O)N([C@@H](CO)[C@@H](C)CC)C(C(=O)N(CC=C)C(C)C)C23CC(Br)[C@@H]1S3. The van der Waals surface area contributed by atoms with E-state index in [1.54, 1.807) is 27.6 Å². The number of nitrogens with zero attached hydrogens (tertiary/aromatic N) is 2. The Bertz CT molecular complexity index is 838. The molecule has 0 aliphatic carbocycles. The van der Waals surface area contributed by atoms with Crippen LogP contribution in [-0.4, -0.2) is 85.4 Å². The van der Waals surface area contributed by atoms with E-state index in [1.807, 2.05) is 27.7 Å². The molecule has 0 aromatic heterocycles. The van der Waals surface area contributed by atoms with Gasteiger partial charge in [0.1, 0.15) is 12.6 Å². The number of carbonyl (C=O) groups excluding carboxylic acids is 3. The predicted molar refractivity (Wildman–Crippen MR) is 138 cm³/mol. The van der Waals surface area contributed by atoms with E-state index in [0.717, 1.165) is 6.42 Å². The number of ether oxygens (including phenoxy) is 1. The molecule has 1 N–H and O–H groups in total. The zero-order chi connectivity index (χ0) is 25.4. The number of aliphatic hydroxyl groups excluding tert-OH is 1. The standard InChI is InChI=1S/C25H37BrN2O5S/c1-7-10-27(14(4)5)23(31)21-25-12-16(26)20(34-25)18(24(32)33-11-8-2)19(25)22(30)28(21)17(13-29)15(6)9-3/h7-8,14-21,29H,1-2,9-13H2,3-6H3/t15-,16?,17-,18-,19-,20-,21?,25?/m0/s1. The van der Waals surface area contributed by atoms with E-state index < -0.39 is 34.6 Å². The van der Waals surface area contributed by atoms with E-state index in [9.17, 15) is 19.5 Å². The van der Waals surface area contributed by atoms with Gasteiger partial charge in [0, 0.05) is 22.7 Å². The fraction of sp³-hybridized carbons (Fsp3) is 0.720. The van der Waals surface area contributed by atoms with E-state index in [1.165, 1.54) is 6.08 Å². The zero-order valence-corrected chi connectivity index (χ0v) is 22.9. The molecule has 9 heteroatoms. The maximum atomic E-state index is 14.2. The second-order valence-corrected chi connectivity index (χ2v) is 12.6. The van der Waals surface area contributed by atoms with Crippen molar-refractivity contribution in [3.63, 3.8) is 0 Å². The number of halogens is 1. The number of rotatable bonds is 11. The van der Waals surface area contributed by atoms with E-state index in [0.29, 0.717) is 13.0 Å². The average Bonchev–Trinajstić information content (AvgIpc) is 3.39. The van der Waals surface area contributed by atoms with Crippen LogP contribution in [0.4, 0.5) is 0 Å². The van der Waals surface area contributed by atoms with Crippen LogP contribution in [0.2, 0.25) is 0 Å². The quantitative estimate of drug-likeness (QED) is 0.239. The minimum absolute atomic E-state index is 0.0143. The van der Waals surface area contributed by atoms with Crippen molar-refractivity contribution in [2.75, 3.05) is 19.8 Å². The second kappa shape index (κ2) is 10.7. The summed E-state index contributed by atoms with van der Waals surface area (Å²) >= 11 is 5.32. The largest absolute Gasteiger partial charge is 0.461 e. The van der Waals surface area contributed by atoms with E-state index >= 15 is 0 Å². The molecule has 0 radical (unpaired) electrons. The number of fused-ring (bicyclic) bond motifs is 1. The van der Waals surface area contributed by atoms with Crippen molar-refractivity contribution in [2.45, 2.75) is 73.5 Å². The molecule has 0 aromatic rings. The number of esters is 1. The lowest BCUT2D eigenvalue weighted by Gasteiger charge is -2.42. The van der Waals surface area contributed by atoms with Gasteiger partial charge in [-0.2, -0.15) is 0 Å². The van der Waals surface area contributed by atoms with Gasteiger partial charge < -0.3 is 19.6 Å². The van der Waals surface area contributed by atoms with Crippen molar-refractivity contribution in [1.29, 1.82) is 0 Å². The van der Waals surface area contributed by atoms with Gasteiger partial charge in [0.2, 0.25) is 11.8 Å². The number of alkyl halides is 1. The number of thioether (sulfide) groups is 1. The highest BCUT2D eigenvalue weighted by Gasteiger charge is 2.76. The summed E-state index contributed by atoms with van der Waals surface area (Å²) < 4.78 is 4.66. The fourth-order valence-corrected chi connectivity index (χ4v) is 9.46. The first-order valence-electron chi connectivity index (χ1n) is 12.0. The number of hydrogen-bond donors (Lipinski definition) is 1. The number of carbonyl (C=O) groups is 3. The van der Waals surface area contributed by atoms with Crippen LogP contribution in [-0.2, 0) is 19.1 Å². The Labute approximate surface area is 215 Å². The number of hydrogen-bond acceptors (Lipinski definition) is 6. The Kier molecular flexibility index (Phi) is 8.62. The summed E-state index contributed by atoms with van der Waals surface area (Å²) in [6.45, 7) is 15.5. The van der Waals surface area contributed by atoms with Crippen molar-refractivity contribution >= 4 is 45.5 Å². The Morgan fingerprint density at radius 1 is 1.35 bits per heavy atom. The van der Waals surface area contributed by atoms with Crippen LogP contribution in [0.25, 0.3) is 0 Å². The number of likely N-dealkylation sites (tertiary alicyclic amines) is 1. The van der Waals surface area contributed by atoms with Crippen molar-refractivity contribution in [1.82, 2.24) is 9.80 Å². The number of aliphatic hydroxyl groups is 1. The van der Waals surface area contributed by atoms with E-state index in [4.69, 9.17) is 4.74 Å². The first-order chi connectivity index (χ1) is 16.1. The van der Waals surface area contributed by atoms with Gasteiger partial charge in [-0.25, -0.2) is 0 Å². The van der Waals surface area contributed by atoms with Gasteiger partial charge in [-0.3, -0.25) is 14.4 Å². The molecule has 1 spiro atoms. The molecule has 3 rings (SSSR count). The first kappa shape index (κ1) is 27.3. The van der Waals surface area contributed by atoms with Crippen LogP contribution in [0.3, 0.4) is 0 Å². The molecule has 190 valence electrons. The summed E-state index contributed by atoms with van der Waals surface area (Å²) in [5, 5.41) is 10.2. The third-order valence-corrected chi connectivity index (χ3v) is 10.9. The van der Waals surface area contributed by atoms with Gasteiger partial charge in [-0.15, -0.1) is 18.3 Å². The molecule has 3 heterocycles. The molecule has 2 amide bonds. The van der Waals surface area contributed by atoms with Gasteiger partial charge >= 0.3 is 5.97 Å². The maximum Gasteiger partial charge on any atom is 0.311 e. The summed E-state index contributed by atoms with van der Waals surface area (Å²) in [4.78, 5) is 44.8. The van der Waals surface area contributed by atoms with Gasteiger partial charge in [-0.1, -0.05) is 54.9 Å². The van der Waals surface area contributed by atoms with Crippen molar-refractivity contribution in [3.8, 4) is 0 Å². The Balaban J connectivity index is 2.14. The molecule has 3 aliphatic heterocycles. The van der Waals surface area contributed by atoms with Crippen molar-refractivity contribution < 1.29 is 24.2 Å². The second-order valence-electron chi connectivity index (χ2n) is 9.84. The first-order valence-corrected chi connectivity index (χ1v) is 13.8. The molecule has 2 bridgehead atoms. The zero-order valence-electron chi connectivity index (χ0n) is 20.5. The molecule has 3 fully saturated rings. The minimum Gasteiger partial charge on any atom is -0.461 e. The predicted octanol–water partition coefficient (Wildman–Crippen LogP) is 3.01. The highest BCUT2D eigenvalue weighted by Crippen LogP contribution is 2.68. The summed E-state index contributed by atoms with van der Waals surface area (Å²) in [5.74, 6) is -2.14. The Hall–Kier alpha value is -1.32. The normalized spacial score (nSPS) is 33.6. The van der Waals surface area contributed by atoms with E-state index in [-0.39, 0.29) is 47.1 Å². The van der Waals surface area contributed by atoms with Crippen LogP contribution in [0.1, 0.15) is 40.5 Å². The van der Waals surface area contributed by atoms with Crippen LogP contribution in [0.15, 0.2) is 25.3 Å². The molecule has 3 unspecified atom stereocenters. The highest BCUT2D eigenvalue weighted by atomic mass is 79.9. The topological polar surface area (TPSA) is 87.1 Å². The molecular formula is C25H37BrN2O5S. The summed E-state index contributed by atoms with van der Waals surface area (Å²) in [5.41, 5.74) is 0. The summed E-state index contributed by atoms with van der Waals surface area (Å²) in [6, 6.07) is -1.38. The Morgan fingerprint density at radius 2 is 2.03 bits per heavy atom. The maximum absolute atomic E-state index is 14.2. The van der Waals surface area contributed by atoms with Crippen LogP contribution < -0.4 is 0 Å². The van der Waals surface area contributed by atoms with Crippen LogP contribution >= 0.6 is 27.7 Å². The van der Waals surface area contributed by atoms with Gasteiger partial charge in [-0.05, 0) is 26.2 Å². The van der Waals surface area contributed by atoms with Crippen LogP contribution in [0, 0.1) is 17.8 Å². The Morgan fingerprint density at radius 3 is 2.56 bits per heavy atom. The smallest absolute Gasteiger partial charge is 0.311 e. The minimum atomic E-state index is -0.772. The summed E-state index contributed by atoms with van der Waals surface area (Å²) in [6.07, 6.45) is 4.54. The lowest BCUT2D eigenvalue weighted by molar-refractivity contribution is -0.153. The molecular weight excluding hydrogens is 520 g/mol. The van der Waals surface area contributed by atoms with Gasteiger partial charge in [0.25, 0.3) is 0 Å². The molecule has 34 heavy (non-hydrogen) atoms. The lowest BCUT2D eigenvalue weighted by Crippen LogP contribution is -2.59. The highest BCUT2D eigenvalue weighted by molar-refractivity contribution is 9.09. The lowest BCUT2D eigenvalue weighted by atomic mass is 9.71. The van der Waals surface area contributed by atoms with Gasteiger partial charge in [0.15, 0.2) is 0 Å². The average molecular weight is 558 g/mol. The molecule has 8 atom stereocenters. The number of amides is 2. The van der Waals surface area contributed by atoms with Crippen molar-refractivity contribution in [3.05, 3.63) is 25.3 Å².